The standard InChI is InChI=1S/C33H29F2N7O3S/c1-46(44,45)11-9-18-12-20(14-22(34)13-18)29-30-26(8-10-37-29)39-32(40-30)31-27-25(41-42-31)7-6-24(28(27)35)21-15-23(17-36-16-21)38-33(43)19-4-2-3-5-19/h6-8,10,12-17,19H,2-5,9,11H2,1H3,(H,38,43)(H,39,40)(H,41,42). The lowest BCUT2D eigenvalue weighted by Crippen LogP contribution is -2.20. The lowest BCUT2D eigenvalue weighted by Gasteiger charge is -2.11. The third-order valence-electron chi connectivity index (χ3n) is 8.33. The molecule has 4 heterocycles. The molecule has 0 aliphatic heterocycles. The average Bonchev–Trinajstić information content (AvgIpc) is 3.80. The Balaban J connectivity index is 1.25. The number of hydrogen-bond acceptors (Lipinski definition) is 7. The van der Waals surface area contributed by atoms with Crippen molar-refractivity contribution >= 4 is 43.4 Å². The highest BCUT2D eigenvalue weighted by Gasteiger charge is 2.24. The molecular weight excluding hydrogens is 612 g/mol. The number of aromatic amines is 2. The first kappa shape index (κ1) is 29.7. The van der Waals surface area contributed by atoms with Crippen LogP contribution in [0.3, 0.4) is 0 Å². The third kappa shape index (κ3) is 5.85. The van der Waals surface area contributed by atoms with E-state index in [-0.39, 0.29) is 46.5 Å². The van der Waals surface area contributed by atoms with E-state index in [0.29, 0.717) is 44.6 Å². The molecule has 2 aromatic carbocycles. The van der Waals surface area contributed by atoms with Gasteiger partial charge in [-0.05, 0) is 67.3 Å². The number of rotatable bonds is 8. The fourth-order valence-electron chi connectivity index (χ4n) is 6.05. The van der Waals surface area contributed by atoms with Crippen molar-refractivity contribution in [2.24, 2.45) is 5.92 Å². The minimum atomic E-state index is -3.24. The van der Waals surface area contributed by atoms with Gasteiger partial charge in [-0.3, -0.25) is 19.9 Å². The van der Waals surface area contributed by atoms with Crippen LogP contribution in [0.4, 0.5) is 14.5 Å². The smallest absolute Gasteiger partial charge is 0.227 e. The Bertz CT molecular complexity index is 2240. The molecule has 0 unspecified atom stereocenters. The van der Waals surface area contributed by atoms with Crippen LogP contribution in [0.15, 0.2) is 61.1 Å². The van der Waals surface area contributed by atoms with Crippen LogP contribution in [-0.4, -0.2) is 56.5 Å². The average molecular weight is 642 g/mol. The number of halogens is 2. The highest BCUT2D eigenvalue weighted by atomic mass is 32.2. The highest BCUT2D eigenvalue weighted by Crippen LogP contribution is 2.36. The maximum atomic E-state index is 16.3. The minimum Gasteiger partial charge on any atom is -0.336 e. The third-order valence-corrected chi connectivity index (χ3v) is 9.27. The molecule has 13 heteroatoms. The summed E-state index contributed by atoms with van der Waals surface area (Å²) in [5, 5.41) is 10.4. The van der Waals surface area contributed by atoms with E-state index < -0.39 is 21.5 Å². The van der Waals surface area contributed by atoms with Crippen molar-refractivity contribution in [2.45, 2.75) is 32.1 Å². The van der Waals surface area contributed by atoms with Crippen LogP contribution in [0, 0.1) is 17.6 Å². The van der Waals surface area contributed by atoms with Gasteiger partial charge in [0.25, 0.3) is 0 Å². The summed E-state index contributed by atoms with van der Waals surface area (Å²) in [6, 6.07) is 11.1. The topological polar surface area (TPSA) is 146 Å². The summed E-state index contributed by atoms with van der Waals surface area (Å²) in [6.07, 6.45) is 9.72. The van der Waals surface area contributed by atoms with Gasteiger partial charge in [0.15, 0.2) is 5.82 Å². The first-order valence-electron chi connectivity index (χ1n) is 14.9. The van der Waals surface area contributed by atoms with Crippen molar-refractivity contribution in [3.8, 4) is 33.9 Å². The monoisotopic (exact) mass is 641 g/mol. The zero-order valence-electron chi connectivity index (χ0n) is 24.8. The maximum absolute atomic E-state index is 16.3. The van der Waals surface area contributed by atoms with Crippen LogP contribution >= 0.6 is 0 Å². The Morgan fingerprint density at radius 3 is 2.63 bits per heavy atom. The molecule has 0 spiro atoms. The number of hydrogen-bond donors (Lipinski definition) is 3. The fraction of sp³-hybridized carbons (Fsp3) is 0.242. The van der Waals surface area contributed by atoms with Crippen LogP contribution in [0.2, 0.25) is 0 Å². The molecule has 1 saturated carbocycles. The normalized spacial score (nSPS) is 14.0. The molecule has 1 fully saturated rings. The predicted molar refractivity (Wildman–Crippen MR) is 172 cm³/mol. The number of carbonyl (C=O) groups is 1. The number of aryl methyl sites for hydroxylation is 1. The highest BCUT2D eigenvalue weighted by molar-refractivity contribution is 7.90. The summed E-state index contributed by atoms with van der Waals surface area (Å²) < 4.78 is 54.3. The summed E-state index contributed by atoms with van der Waals surface area (Å²) in [5.74, 6) is -0.980. The summed E-state index contributed by atoms with van der Waals surface area (Å²) in [7, 11) is -3.24. The molecule has 1 amide bonds. The molecular formula is C33H29F2N7O3S. The van der Waals surface area contributed by atoms with E-state index in [2.05, 4.69) is 30.5 Å². The number of fused-ring (bicyclic) bond motifs is 2. The van der Waals surface area contributed by atoms with Crippen LogP contribution in [0.5, 0.6) is 0 Å². The molecule has 1 aliphatic rings. The van der Waals surface area contributed by atoms with Gasteiger partial charge < -0.3 is 10.3 Å². The van der Waals surface area contributed by atoms with E-state index in [4.69, 9.17) is 4.98 Å². The van der Waals surface area contributed by atoms with Crippen molar-refractivity contribution in [1.29, 1.82) is 0 Å². The van der Waals surface area contributed by atoms with Gasteiger partial charge in [-0.2, -0.15) is 5.10 Å². The molecule has 0 saturated heterocycles. The van der Waals surface area contributed by atoms with Gasteiger partial charge in [-0.15, -0.1) is 0 Å². The second-order valence-corrected chi connectivity index (χ2v) is 14.0. The van der Waals surface area contributed by atoms with Gasteiger partial charge in [0.05, 0.1) is 39.8 Å². The van der Waals surface area contributed by atoms with Gasteiger partial charge in [-0.25, -0.2) is 22.2 Å². The number of imidazole rings is 1. The largest absolute Gasteiger partial charge is 0.336 e. The predicted octanol–water partition coefficient (Wildman–Crippen LogP) is 6.22. The Kier molecular flexibility index (Phi) is 7.55. The summed E-state index contributed by atoms with van der Waals surface area (Å²) in [4.78, 5) is 29.3. The van der Waals surface area contributed by atoms with Crippen LogP contribution < -0.4 is 5.32 Å². The maximum Gasteiger partial charge on any atom is 0.227 e. The quantitative estimate of drug-likeness (QED) is 0.179. The fourth-order valence-corrected chi connectivity index (χ4v) is 6.65. The van der Waals surface area contributed by atoms with Crippen molar-refractivity contribution in [3.05, 3.63) is 78.3 Å². The Morgan fingerprint density at radius 1 is 1.00 bits per heavy atom. The number of H-pyrrole nitrogens is 2. The molecule has 10 nitrogen and oxygen atoms in total. The van der Waals surface area contributed by atoms with Crippen molar-refractivity contribution < 1.29 is 22.0 Å². The number of pyridine rings is 2. The number of aromatic nitrogens is 6. The van der Waals surface area contributed by atoms with E-state index in [1.54, 1.807) is 42.7 Å². The number of benzene rings is 2. The molecule has 0 bridgehead atoms. The lowest BCUT2D eigenvalue weighted by atomic mass is 10.0. The van der Waals surface area contributed by atoms with Gasteiger partial charge >= 0.3 is 0 Å². The van der Waals surface area contributed by atoms with Gasteiger partial charge in [0, 0.05) is 41.3 Å². The van der Waals surface area contributed by atoms with Crippen molar-refractivity contribution in [3.63, 3.8) is 0 Å². The van der Waals surface area contributed by atoms with Crippen molar-refractivity contribution in [2.75, 3.05) is 17.3 Å². The molecule has 3 N–H and O–H groups in total. The molecule has 234 valence electrons. The van der Waals surface area contributed by atoms with Crippen LogP contribution in [-0.2, 0) is 21.1 Å². The second-order valence-electron chi connectivity index (χ2n) is 11.7. The summed E-state index contributed by atoms with van der Waals surface area (Å²) in [6.45, 7) is 0. The summed E-state index contributed by atoms with van der Waals surface area (Å²) in [5.41, 5.74) is 4.27. The number of carbonyl (C=O) groups excluding carboxylic acids is 1. The van der Waals surface area contributed by atoms with E-state index in [9.17, 15) is 17.6 Å². The van der Waals surface area contributed by atoms with Crippen LogP contribution in [0.1, 0.15) is 31.2 Å². The minimum absolute atomic E-state index is 0.0207. The molecule has 46 heavy (non-hydrogen) atoms. The van der Waals surface area contributed by atoms with Crippen molar-refractivity contribution in [1.82, 2.24) is 30.1 Å². The first-order valence-corrected chi connectivity index (χ1v) is 16.9. The SMILES string of the molecule is CS(=O)(=O)CCc1cc(F)cc(-c2nccc3[nH]c(-c4n[nH]c5ccc(-c6cncc(NC(=O)C7CCCC7)c6)c(F)c45)nc23)c1. The molecule has 0 atom stereocenters. The Hall–Kier alpha value is -5.04. The Labute approximate surface area is 262 Å². The molecule has 1 aliphatic carbocycles. The van der Waals surface area contributed by atoms with E-state index in [0.717, 1.165) is 31.9 Å². The zero-order valence-corrected chi connectivity index (χ0v) is 25.6. The van der Waals surface area contributed by atoms with E-state index >= 15 is 4.39 Å². The van der Waals surface area contributed by atoms with E-state index in [1.165, 1.54) is 18.3 Å². The molecule has 6 aromatic rings. The summed E-state index contributed by atoms with van der Waals surface area (Å²) >= 11 is 0. The molecule has 0 radical (unpaired) electrons. The molecule has 7 rings (SSSR count). The number of amides is 1. The first-order chi connectivity index (χ1) is 22.1. The number of sulfone groups is 1. The number of nitrogens with zero attached hydrogens (tertiary/aromatic N) is 4. The molecule has 4 aromatic heterocycles. The van der Waals surface area contributed by atoms with Gasteiger partial charge in [0.1, 0.15) is 32.7 Å². The number of anilines is 1. The van der Waals surface area contributed by atoms with E-state index in [1.807, 2.05) is 0 Å². The van der Waals surface area contributed by atoms with Gasteiger partial charge in [0.2, 0.25) is 5.91 Å². The number of nitrogens with one attached hydrogen (secondary N) is 3. The van der Waals surface area contributed by atoms with Crippen LogP contribution in [0.25, 0.3) is 55.8 Å². The second kappa shape index (κ2) is 11.7. The zero-order chi connectivity index (χ0) is 32.0. The lowest BCUT2D eigenvalue weighted by molar-refractivity contribution is -0.119. The van der Waals surface area contributed by atoms with Gasteiger partial charge in [-0.1, -0.05) is 12.8 Å². The Morgan fingerprint density at radius 2 is 1.83 bits per heavy atom.